The van der Waals surface area contributed by atoms with Gasteiger partial charge in [-0.15, -0.1) is 0 Å². The molecule has 18 atom stereocenters. The quantitative estimate of drug-likeness (QED) is 0.0692. The van der Waals surface area contributed by atoms with Gasteiger partial charge in [0.15, 0.2) is 17.9 Å². The van der Waals surface area contributed by atoms with E-state index < -0.39 is 141 Å². The summed E-state index contributed by atoms with van der Waals surface area (Å²) in [6.45, 7) is 5.23. The monoisotopic (exact) mass is 1100 g/mol. The number of aliphatic hydroxyl groups is 9. The minimum atomic E-state index is -2.27. The molecular weight excluding hydrogens is 1010 g/mol. The molecule has 3 aliphatic heterocycles. The number of ether oxygens (including phenoxy) is 4. The lowest BCUT2D eigenvalue weighted by atomic mass is 9.82. The maximum atomic E-state index is 13.3. The van der Waals surface area contributed by atoms with Crippen LogP contribution in [-0.4, -0.2) is 166 Å². The molecule has 20 nitrogen and oxygen atoms in total. The van der Waals surface area contributed by atoms with Crippen LogP contribution in [0.25, 0.3) is 0 Å². The molecule has 18 unspecified atom stereocenters. The van der Waals surface area contributed by atoms with Crippen LogP contribution in [0.4, 0.5) is 5.69 Å². The van der Waals surface area contributed by atoms with Crippen molar-refractivity contribution in [3.05, 3.63) is 115 Å². The highest BCUT2D eigenvalue weighted by atomic mass is 16.7. The molecule has 0 amide bonds. The Morgan fingerprint density at radius 2 is 1.32 bits per heavy atom. The molecule has 78 heavy (non-hydrogen) atoms. The number of carbonyl (C=O) groups excluding carboxylic acids is 3. The second-order valence-corrected chi connectivity index (χ2v) is 21.0. The van der Waals surface area contributed by atoms with Crippen LogP contribution in [0, 0.1) is 17.8 Å². The Balaban J connectivity index is 1.52. The van der Waals surface area contributed by atoms with Crippen LogP contribution >= 0.6 is 0 Å². The molecule has 3 aliphatic rings. The molecule has 0 spiro atoms. The van der Waals surface area contributed by atoms with Crippen molar-refractivity contribution in [1.29, 1.82) is 0 Å². The van der Waals surface area contributed by atoms with Gasteiger partial charge in [0.25, 0.3) is 0 Å². The lowest BCUT2D eigenvalue weighted by Crippen LogP contribution is -2.61. The van der Waals surface area contributed by atoms with E-state index >= 15 is 0 Å². The van der Waals surface area contributed by atoms with Crippen LogP contribution in [0.5, 0.6) is 0 Å². The first-order valence-electron chi connectivity index (χ1n) is 26.9. The van der Waals surface area contributed by atoms with Gasteiger partial charge in [0, 0.05) is 49.3 Å². The van der Waals surface area contributed by atoms with E-state index in [0.29, 0.717) is 17.7 Å². The number of hydrogen-bond acceptors (Lipinski definition) is 19. The van der Waals surface area contributed by atoms with E-state index in [4.69, 9.17) is 30.4 Å². The molecule has 0 aromatic heterocycles. The fourth-order valence-corrected chi connectivity index (χ4v) is 9.84. The summed E-state index contributed by atoms with van der Waals surface area (Å²) in [6.07, 6.45) is 6.31. The van der Waals surface area contributed by atoms with Gasteiger partial charge in [-0.1, -0.05) is 98.9 Å². The Morgan fingerprint density at radius 3 is 1.91 bits per heavy atom. The number of ketones is 2. The van der Waals surface area contributed by atoms with Crippen LogP contribution in [0.1, 0.15) is 115 Å². The number of esters is 1. The first-order valence-corrected chi connectivity index (χ1v) is 26.9. The Hall–Kier alpha value is -5.04. The van der Waals surface area contributed by atoms with Gasteiger partial charge in [-0.3, -0.25) is 19.2 Å². The molecule has 434 valence electrons. The van der Waals surface area contributed by atoms with E-state index in [1.807, 2.05) is 19.9 Å². The number of fused-ring (bicyclic) bond motifs is 2. The van der Waals surface area contributed by atoms with Crippen molar-refractivity contribution >= 4 is 29.2 Å². The number of hydrogen-bond donors (Lipinski definition) is 12. The predicted molar refractivity (Wildman–Crippen MR) is 289 cm³/mol. The molecule has 14 N–H and O–H groups in total. The van der Waals surface area contributed by atoms with E-state index in [-0.39, 0.29) is 69.0 Å². The van der Waals surface area contributed by atoms with Crippen LogP contribution < -0.4 is 11.5 Å². The minimum absolute atomic E-state index is 0.0720. The van der Waals surface area contributed by atoms with Crippen molar-refractivity contribution in [3.8, 4) is 0 Å². The molecule has 20 heteroatoms. The van der Waals surface area contributed by atoms with Gasteiger partial charge in [0.05, 0.1) is 67.1 Å². The van der Waals surface area contributed by atoms with E-state index in [9.17, 15) is 70.2 Å². The first-order chi connectivity index (χ1) is 36.9. The standard InChI is InChI=1S/C58H84N2O18/c1-35-17-14-12-10-8-6-4-5-7-9-11-13-15-20-46(76-57-54(71)52(60)53(70)37(3)75-57)32-49-51(56(72)73)48(68)34-58(74,78-49)33-45(66)28-41(62)19-16-18-40(61)27-43(64)29-44(65)31-50(69)77-55(35)36(2)21-26-42(63)30-47(67)38-22-24-39(59)25-23-38/h4-15,17,20,22-25,35-37,40-43,45-46,48-49,51-55,57,61-64,66,68,70-71,74H,16,18-19,21,26-34,59-60H2,1-3H3,(H,72,73)/b5-4-,8-6-,9-7+,12-10+,13-11-,17-14+,20-15-. The zero-order valence-corrected chi connectivity index (χ0v) is 44.8. The van der Waals surface area contributed by atoms with E-state index in [0.717, 1.165) is 0 Å². The largest absolute Gasteiger partial charge is 0.481 e. The number of nitrogen functional groups attached to an aromatic ring is 1. The summed E-state index contributed by atoms with van der Waals surface area (Å²) in [4.78, 5) is 51.6. The fraction of sp³-hybridized carbons (Fsp3) is 0.586. The van der Waals surface area contributed by atoms with Crippen LogP contribution in [0.15, 0.2) is 109 Å². The van der Waals surface area contributed by atoms with Crippen molar-refractivity contribution in [2.75, 3.05) is 5.73 Å². The third kappa shape index (κ3) is 22.6. The summed E-state index contributed by atoms with van der Waals surface area (Å²) in [5.74, 6) is -7.63. The number of aliphatic hydroxyl groups excluding tert-OH is 8. The molecule has 3 heterocycles. The fourth-order valence-electron chi connectivity index (χ4n) is 9.84. The van der Waals surface area contributed by atoms with Gasteiger partial charge in [-0.2, -0.15) is 0 Å². The third-order valence-corrected chi connectivity index (χ3v) is 14.1. The lowest BCUT2D eigenvalue weighted by molar-refractivity contribution is -0.308. The maximum absolute atomic E-state index is 13.3. The molecule has 2 saturated heterocycles. The zero-order chi connectivity index (χ0) is 57.5. The van der Waals surface area contributed by atoms with Gasteiger partial charge >= 0.3 is 11.9 Å². The van der Waals surface area contributed by atoms with E-state index in [2.05, 4.69) is 0 Å². The topological polar surface area (TPSA) is 360 Å². The van der Waals surface area contributed by atoms with Crippen LogP contribution in [0.3, 0.4) is 0 Å². The van der Waals surface area contributed by atoms with Crippen LogP contribution in [0.2, 0.25) is 0 Å². The molecular formula is C58H84N2O18. The van der Waals surface area contributed by atoms with Crippen molar-refractivity contribution in [2.45, 2.75) is 196 Å². The highest BCUT2D eigenvalue weighted by Gasteiger charge is 2.51. The number of cyclic esters (lactones) is 1. The molecule has 0 saturated carbocycles. The van der Waals surface area contributed by atoms with Crippen LogP contribution in [-0.2, 0) is 33.3 Å². The van der Waals surface area contributed by atoms with E-state index in [1.54, 1.807) is 97.2 Å². The molecule has 0 radical (unpaired) electrons. The molecule has 2 bridgehead atoms. The number of aliphatic carboxylic acids is 1. The average molecular weight is 1100 g/mol. The average Bonchev–Trinajstić information content (AvgIpc) is 3.41. The second kappa shape index (κ2) is 32.9. The van der Waals surface area contributed by atoms with Gasteiger partial charge in [-0.25, -0.2) is 0 Å². The number of rotatable bonds is 10. The third-order valence-electron chi connectivity index (χ3n) is 14.1. The number of Topliss-reactive ketones (excluding diaryl/α,β-unsaturated/α-hetero) is 2. The molecule has 2 fully saturated rings. The van der Waals surface area contributed by atoms with Gasteiger partial charge < -0.3 is 81.5 Å². The van der Waals surface area contributed by atoms with Crippen molar-refractivity contribution in [3.63, 3.8) is 0 Å². The Kier molecular flexibility index (Phi) is 27.6. The zero-order valence-electron chi connectivity index (χ0n) is 44.8. The number of anilines is 1. The lowest BCUT2D eigenvalue weighted by Gasteiger charge is -2.45. The Morgan fingerprint density at radius 1 is 0.756 bits per heavy atom. The summed E-state index contributed by atoms with van der Waals surface area (Å²) < 4.78 is 23.7. The number of carboxylic acid groups (broad SMARTS) is 1. The van der Waals surface area contributed by atoms with Gasteiger partial charge in [-0.05, 0) is 82.1 Å². The van der Waals surface area contributed by atoms with Gasteiger partial charge in [0.2, 0.25) is 0 Å². The summed E-state index contributed by atoms with van der Waals surface area (Å²) >= 11 is 0. The van der Waals surface area contributed by atoms with Crippen molar-refractivity contribution in [1.82, 2.24) is 0 Å². The SMILES string of the molecule is CC1/C=C/C=C/C=C\C=C/C=C/C=C\C=C/C(OC2OC(C)C(O)C(N)C2O)CC2OC(O)(CC(O)CC(O)CCCC(O)CC(O)CC(=O)CC(=O)OC1C(C)CCC(O)CC(=O)c1ccc(N)cc1)CC(O)C2C(=O)O. The maximum Gasteiger partial charge on any atom is 0.313 e. The molecule has 1 aromatic rings. The second-order valence-electron chi connectivity index (χ2n) is 21.0. The summed E-state index contributed by atoms with van der Waals surface area (Å²) in [6, 6.07) is 5.26. The summed E-state index contributed by atoms with van der Waals surface area (Å²) in [5, 5.41) is 108. The molecule has 0 aliphatic carbocycles. The Bertz CT molecular complexity index is 2250. The number of carbonyl (C=O) groups is 4. The highest BCUT2D eigenvalue weighted by Crippen LogP contribution is 2.38. The smallest absolute Gasteiger partial charge is 0.313 e. The predicted octanol–water partition coefficient (Wildman–Crippen LogP) is 3.32. The first kappa shape index (κ1) is 65.5. The van der Waals surface area contributed by atoms with Crippen molar-refractivity contribution < 1.29 is 89.2 Å². The minimum Gasteiger partial charge on any atom is -0.481 e. The number of allylic oxidation sites excluding steroid dienone is 12. The normalized spacial score (nSPS) is 37.8. The number of benzene rings is 1. The molecule has 4 rings (SSSR count). The summed E-state index contributed by atoms with van der Waals surface area (Å²) in [7, 11) is 0. The van der Waals surface area contributed by atoms with Gasteiger partial charge in [0.1, 0.15) is 30.3 Å². The Labute approximate surface area is 456 Å². The number of carboxylic acids is 1. The number of nitrogens with two attached hydrogens (primary N) is 2. The highest BCUT2D eigenvalue weighted by molar-refractivity contribution is 5.96. The molecule has 1 aromatic carbocycles. The van der Waals surface area contributed by atoms with E-state index in [1.165, 1.54) is 13.0 Å². The van der Waals surface area contributed by atoms with Crippen molar-refractivity contribution in [2.24, 2.45) is 23.5 Å². The summed E-state index contributed by atoms with van der Waals surface area (Å²) in [5.41, 5.74) is 12.7.